The van der Waals surface area contributed by atoms with Crippen LogP contribution in [-0.4, -0.2) is 24.2 Å². The molecule has 0 bridgehead atoms. The molecular formula is C14H17F2NO2. The quantitative estimate of drug-likeness (QED) is 0.891. The van der Waals surface area contributed by atoms with E-state index in [1.165, 1.54) is 12.5 Å². The Morgan fingerprint density at radius 3 is 2.53 bits per heavy atom. The summed E-state index contributed by atoms with van der Waals surface area (Å²) in [4.78, 5) is 12.5. The van der Waals surface area contributed by atoms with Crippen molar-refractivity contribution in [3.8, 4) is 0 Å². The van der Waals surface area contributed by atoms with E-state index < -0.39 is 23.2 Å². The summed E-state index contributed by atoms with van der Waals surface area (Å²) < 4.78 is 27.6. The topological polar surface area (TPSA) is 40.5 Å². The van der Waals surface area contributed by atoms with E-state index in [9.17, 15) is 13.6 Å². The Morgan fingerprint density at radius 1 is 1.37 bits per heavy atom. The van der Waals surface area contributed by atoms with Gasteiger partial charge in [-0.25, -0.2) is 13.6 Å². The van der Waals surface area contributed by atoms with Crippen LogP contribution in [0.2, 0.25) is 0 Å². The monoisotopic (exact) mass is 269 g/mol. The third-order valence-corrected chi connectivity index (χ3v) is 3.72. The minimum Gasteiger partial charge on any atom is -0.478 e. The van der Waals surface area contributed by atoms with Crippen LogP contribution in [0, 0.1) is 17.6 Å². The van der Waals surface area contributed by atoms with Crippen molar-refractivity contribution in [3.63, 3.8) is 0 Å². The molecule has 1 fully saturated rings. The minimum atomic E-state index is -1.45. The molecule has 0 spiro atoms. The molecule has 0 heterocycles. The Bertz CT molecular complexity index is 487. The normalized spacial score (nSPS) is 15.1. The van der Waals surface area contributed by atoms with Crippen molar-refractivity contribution in [3.05, 3.63) is 29.3 Å². The van der Waals surface area contributed by atoms with Gasteiger partial charge in [0.15, 0.2) is 11.6 Å². The van der Waals surface area contributed by atoms with Gasteiger partial charge in [-0.1, -0.05) is 6.42 Å². The van der Waals surface area contributed by atoms with Crippen LogP contribution >= 0.6 is 0 Å². The van der Waals surface area contributed by atoms with Gasteiger partial charge in [-0.05, 0) is 37.8 Å². The van der Waals surface area contributed by atoms with Gasteiger partial charge in [-0.3, -0.25) is 0 Å². The molecule has 19 heavy (non-hydrogen) atoms. The zero-order valence-electron chi connectivity index (χ0n) is 10.8. The van der Waals surface area contributed by atoms with Crippen molar-refractivity contribution in [2.24, 2.45) is 5.92 Å². The largest absolute Gasteiger partial charge is 0.478 e. The van der Waals surface area contributed by atoms with E-state index in [1.807, 2.05) is 6.92 Å². The van der Waals surface area contributed by atoms with Gasteiger partial charge in [0, 0.05) is 13.1 Å². The van der Waals surface area contributed by atoms with Crippen molar-refractivity contribution >= 4 is 11.7 Å². The van der Waals surface area contributed by atoms with Crippen molar-refractivity contribution in [1.82, 2.24) is 0 Å². The van der Waals surface area contributed by atoms with E-state index >= 15 is 0 Å². The number of carbonyl (C=O) groups is 1. The summed E-state index contributed by atoms with van der Waals surface area (Å²) in [5.74, 6) is -3.27. The number of hydrogen-bond donors (Lipinski definition) is 1. The van der Waals surface area contributed by atoms with Crippen LogP contribution in [0.1, 0.15) is 36.5 Å². The Kier molecular flexibility index (Phi) is 4.02. The average molecular weight is 269 g/mol. The number of hydrogen-bond acceptors (Lipinski definition) is 2. The molecule has 0 aromatic heterocycles. The van der Waals surface area contributed by atoms with Crippen LogP contribution in [0.5, 0.6) is 0 Å². The summed E-state index contributed by atoms with van der Waals surface area (Å²) in [5, 5.41) is 8.75. The molecule has 0 atom stereocenters. The zero-order valence-corrected chi connectivity index (χ0v) is 10.8. The van der Waals surface area contributed by atoms with Crippen LogP contribution in [0.4, 0.5) is 14.5 Å². The number of halogens is 2. The molecule has 5 heteroatoms. The molecule has 3 nitrogen and oxygen atoms in total. The van der Waals surface area contributed by atoms with Crippen LogP contribution < -0.4 is 4.90 Å². The van der Waals surface area contributed by atoms with Crippen LogP contribution in [0.3, 0.4) is 0 Å². The second-order valence-corrected chi connectivity index (χ2v) is 4.90. The van der Waals surface area contributed by atoms with E-state index in [4.69, 9.17) is 5.11 Å². The second kappa shape index (κ2) is 5.55. The predicted octanol–water partition coefficient (Wildman–Crippen LogP) is 3.29. The van der Waals surface area contributed by atoms with Gasteiger partial charge in [-0.15, -0.1) is 0 Å². The van der Waals surface area contributed by atoms with Gasteiger partial charge < -0.3 is 10.0 Å². The lowest BCUT2D eigenvalue weighted by atomic mass is 9.85. The highest BCUT2D eigenvalue weighted by molar-refractivity contribution is 5.88. The Balaban J connectivity index is 2.27. The Labute approximate surface area is 110 Å². The molecule has 0 saturated heterocycles. The fourth-order valence-corrected chi connectivity index (χ4v) is 2.33. The number of carboxylic acid groups (broad SMARTS) is 1. The smallest absolute Gasteiger partial charge is 0.338 e. The SMILES string of the molecule is CCN(CC1CCC1)c1ccc(C(=O)O)c(F)c1F. The van der Waals surface area contributed by atoms with E-state index in [2.05, 4.69) is 0 Å². The van der Waals surface area contributed by atoms with Gasteiger partial charge >= 0.3 is 5.97 Å². The molecule has 0 unspecified atom stereocenters. The highest BCUT2D eigenvalue weighted by Crippen LogP contribution is 2.31. The molecule has 1 aliphatic rings. The highest BCUT2D eigenvalue weighted by Gasteiger charge is 2.24. The number of rotatable bonds is 5. The first-order chi connectivity index (χ1) is 9.04. The number of aromatic carboxylic acids is 1. The van der Waals surface area contributed by atoms with Crippen molar-refractivity contribution < 1.29 is 18.7 Å². The lowest BCUT2D eigenvalue weighted by molar-refractivity contribution is 0.0690. The minimum absolute atomic E-state index is 0.150. The molecule has 0 radical (unpaired) electrons. The van der Waals surface area contributed by atoms with Crippen LogP contribution in [0.15, 0.2) is 12.1 Å². The molecule has 1 saturated carbocycles. The fraction of sp³-hybridized carbons (Fsp3) is 0.500. The molecule has 0 amide bonds. The third-order valence-electron chi connectivity index (χ3n) is 3.72. The first kappa shape index (κ1) is 13.8. The Morgan fingerprint density at radius 2 is 2.05 bits per heavy atom. The van der Waals surface area contributed by atoms with Gasteiger partial charge in [0.1, 0.15) is 0 Å². The third kappa shape index (κ3) is 2.69. The first-order valence-corrected chi connectivity index (χ1v) is 6.50. The average Bonchev–Trinajstić information content (AvgIpc) is 2.32. The lowest BCUT2D eigenvalue weighted by Crippen LogP contribution is -2.33. The fourth-order valence-electron chi connectivity index (χ4n) is 2.33. The van der Waals surface area contributed by atoms with E-state index in [1.54, 1.807) is 4.90 Å². The van der Waals surface area contributed by atoms with Gasteiger partial charge in [0.05, 0.1) is 11.3 Å². The lowest BCUT2D eigenvalue weighted by Gasteiger charge is -2.33. The van der Waals surface area contributed by atoms with Crippen LogP contribution in [0.25, 0.3) is 0 Å². The summed E-state index contributed by atoms with van der Waals surface area (Å²) >= 11 is 0. The van der Waals surface area contributed by atoms with E-state index in [-0.39, 0.29) is 5.69 Å². The van der Waals surface area contributed by atoms with Gasteiger partial charge in [0.2, 0.25) is 0 Å². The standard InChI is InChI=1S/C14H17F2NO2/c1-2-17(8-9-4-3-5-9)11-7-6-10(14(18)19)12(15)13(11)16/h6-7,9H,2-5,8H2,1H3,(H,18,19). The summed E-state index contributed by atoms with van der Waals surface area (Å²) in [6.07, 6.45) is 3.43. The molecule has 1 aromatic carbocycles. The first-order valence-electron chi connectivity index (χ1n) is 6.50. The summed E-state index contributed by atoms with van der Waals surface area (Å²) in [6.45, 7) is 3.14. The number of nitrogens with zero attached hydrogens (tertiary/aromatic N) is 1. The summed E-state index contributed by atoms with van der Waals surface area (Å²) in [7, 11) is 0. The summed E-state index contributed by atoms with van der Waals surface area (Å²) in [5.41, 5.74) is -0.474. The van der Waals surface area contributed by atoms with Crippen molar-refractivity contribution in [2.45, 2.75) is 26.2 Å². The number of carboxylic acids is 1. The molecule has 0 aliphatic heterocycles. The summed E-state index contributed by atoms with van der Waals surface area (Å²) in [6, 6.07) is 2.48. The van der Waals surface area contributed by atoms with E-state index in [0.29, 0.717) is 19.0 Å². The maximum Gasteiger partial charge on any atom is 0.338 e. The molecular weight excluding hydrogens is 252 g/mol. The van der Waals surface area contributed by atoms with Crippen molar-refractivity contribution in [1.29, 1.82) is 0 Å². The van der Waals surface area contributed by atoms with Gasteiger partial charge in [-0.2, -0.15) is 0 Å². The number of anilines is 1. The molecule has 104 valence electrons. The molecule has 1 N–H and O–H groups in total. The number of benzene rings is 1. The molecule has 1 aliphatic carbocycles. The van der Waals surface area contributed by atoms with Crippen LogP contribution in [-0.2, 0) is 0 Å². The highest BCUT2D eigenvalue weighted by atomic mass is 19.2. The van der Waals surface area contributed by atoms with E-state index in [0.717, 1.165) is 18.9 Å². The molecule has 1 aromatic rings. The molecule has 2 rings (SSSR count). The predicted molar refractivity (Wildman–Crippen MR) is 68.5 cm³/mol. The maximum absolute atomic E-state index is 14.0. The second-order valence-electron chi connectivity index (χ2n) is 4.90. The maximum atomic E-state index is 14.0. The zero-order chi connectivity index (χ0) is 14.0. The van der Waals surface area contributed by atoms with Gasteiger partial charge in [0.25, 0.3) is 0 Å². The Hall–Kier alpha value is -1.65. The van der Waals surface area contributed by atoms with Crippen molar-refractivity contribution in [2.75, 3.05) is 18.0 Å².